The molecule has 0 unspecified atom stereocenters. The molecule has 0 aliphatic rings. The third-order valence-electron chi connectivity index (χ3n) is 3.46. The molecule has 0 aliphatic heterocycles. The normalized spacial score (nSPS) is 10.8. The molecule has 0 N–H and O–H groups in total. The molecular weight excluding hydrogens is 330 g/mol. The van der Waals surface area contributed by atoms with Crippen molar-refractivity contribution in [3.63, 3.8) is 0 Å². The standard InChI is InChI=1S/C17H12BrNO2/c1-10-15(17(20)21)13-4-2-3-5-14(13)19-16(10)11-6-8-12(18)9-7-11/h2-9H,1H3,(H,20,21)/p-1. The topological polar surface area (TPSA) is 53.0 Å². The molecule has 0 fully saturated rings. The lowest BCUT2D eigenvalue weighted by molar-refractivity contribution is -0.254. The van der Waals surface area contributed by atoms with Gasteiger partial charge in [0, 0.05) is 21.0 Å². The minimum absolute atomic E-state index is 0.207. The van der Waals surface area contributed by atoms with Crippen LogP contribution in [-0.2, 0) is 0 Å². The zero-order chi connectivity index (χ0) is 15.0. The largest absolute Gasteiger partial charge is 0.545 e. The lowest BCUT2D eigenvalue weighted by atomic mass is 9.98. The number of carboxylic acid groups (broad SMARTS) is 1. The Morgan fingerprint density at radius 3 is 2.43 bits per heavy atom. The SMILES string of the molecule is Cc1c(-c2ccc(Br)cc2)nc2ccccc2c1C(=O)[O-]. The van der Waals surface area contributed by atoms with Crippen LogP contribution < -0.4 is 5.11 Å². The predicted octanol–water partition coefficient (Wildman–Crippen LogP) is 3.34. The van der Waals surface area contributed by atoms with Crippen molar-refractivity contribution >= 4 is 32.8 Å². The summed E-state index contributed by atoms with van der Waals surface area (Å²) in [5.41, 5.74) is 3.03. The Morgan fingerprint density at radius 1 is 1.10 bits per heavy atom. The van der Waals surface area contributed by atoms with Gasteiger partial charge < -0.3 is 9.90 Å². The van der Waals surface area contributed by atoms with Gasteiger partial charge in [-0.25, -0.2) is 4.98 Å². The van der Waals surface area contributed by atoms with Gasteiger partial charge in [0.25, 0.3) is 0 Å². The number of carbonyl (C=O) groups is 1. The first-order valence-corrected chi connectivity index (χ1v) is 7.24. The van der Waals surface area contributed by atoms with Gasteiger partial charge in [0.05, 0.1) is 17.2 Å². The van der Waals surface area contributed by atoms with E-state index in [1.165, 1.54) is 0 Å². The number of pyridine rings is 1. The Balaban J connectivity index is 2.36. The zero-order valence-corrected chi connectivity index (χ0v) is 12.8. The highest BCUT2D eigenvalue weighted by atomic mass is 79.9. The number of nitrogens with zero attached hydrogens (tertiary/aromatic N) is 1. The van der Waals surface area contributed by atoms with Crippen LogP contribution in [0.3, 0.4) is 0 Å². The third-order valence-corrected chi connectivity index (χ3v) is 3.99. The fraction of sp³-hybridized carbons (Fsp3) is 0.0588. The maximum Gasteiger partial charge on any atom is 0.0745 e. The second kappa shape index (κ2) is 5.30. The number of benzene rings is 2. The average molecular weight is 341 g/mol. The fourth-order valence-corrected chi connectivity index (χ4v) is 2.72. The Labute approximate surface area is 130 Å². The molecule has 3 nitrogen and oxygen atoms in total. The van der Waals surface area contributed by atoms with E-state index in [-0.39, 0.29) is 5.56 Å². The number of halogens is 1. The Morgan fingerprint density at radius 2 is 1.76 bits per heavy atom. The van der Waals surface area contributed by atoms with Crippen molar-refractivity contribution < 1.29 is 9.90 Å². The lowest BCUT2D eigenvalue weighted by Gasteiger charge is -2.15. The van der Waals surface area contributed by atoms with Crippen LogP contribution in [0.2, 0.25) is 0 Å². The predicted molar refractivity (Wildman–Crippen MR) is 83.9 cm³/mol. The Hall–Kier alpha value is -2.20. The van der Waals surface area contributed by atoms with E-state index in [1.54, 1.807) is 19.1 Å². The summed E-state index contributed by atoms with van der Waals surface area (Å²) in [6.45, 7) is 1.77. The molecule has 0 spiro atoms. The summed E-state index contributed by atoms with van der Waals surface area (Å²) in [6, 6.07) is 14.8. The van der Waals surface area contributed by atoms with E-state index in [0.29, 0.717) is 22.2 Å². The van der Waals surface area contributed by atoms with E-state index < -0.39 is 5.97 Å². The van der Waals surface area contributed by atoms with Crippen LogP contribution in [0, 0.1) is 6.92 Å². The third kappa shape index (κ3) is 2.43. The first kappa shape index (κ1) is 13.8. The summed E-state index contributed by atoms with van der Waals surface area (Å²) in [4.78, 5) is 16.1. The minimum atomic E-state index is -1.18. The van der Waals surface area contributed by atoms with Crippen molar-refractivity contribution in [3.05, 3.63) is 64.1 Å². The van der Waals surface area contributed by atoms with Crippen molar-refractivity contribution in [2.24, 2.45) is 0 Å². The number of aromatic carboxylic acids is 1. The van der Waals surface area contributed by atoms with E-state index in [9.17, 15) is 9.90 Å². The molecular formula is C17H11BrNO2-. The number of hydrogen-bond donors (Lipinski definition) is 0. The van der Waals surface area contributed by atoms with E-state index in [0.717, 1.165) is 10.0 Å². The Kier molecular flexibility index (Phi) is 3.47. The number of aromatic nitrogens is 1. The molecule has 2 aromatic carbocycles. The summed E-state index contributed by atoms with van der Waals surface area (Å²) in [6.07, 6.45) is 0. The summed E-state index contributed by atoms with van der Waals surface area (Å²) in [5.74, 6) is -1.18. The van der Waals surface area contributed by atoms with Crippen LogP contribution in [0.5, 0.6) is 0 Å². The van der Waals surface area contributed by atoms with Crippen LogP contribution in [0.4, 0.5) is 0 Å². The zero-order valence-electron chi connectivity index (χ0n) is 11.3. The van der Waals surface area contributed by atoms with Crippen LogP contribution in [0.25, 0.3) is 22.2 Å². The van der Waals surface area contributed by atoms with Gasteiger partial charge in [-0.1, -0.05) is 46.3 Å². The highest BCUT2D eigenvalue weighted by Crippen LogP contribution is 2.29. The van der Waals surface area contributed by atoms with Gasteiger partial charge in [-0.15, -0.1) is 0 Å². The summed E-state index contributed by atoms with van der Waals surface area (Å²) in [7, 11) is 0. The number of hydrogen-bond acceptors (Lipinski definition) is 3. The van der Waals surface area contributed by atoms with Gasteiger partial charge >= 0.3 is 0 Å². The van der Waals surface area contributed by atoms with Gasteiger partial charge in [0.2, 0.25) is 0 Å². The van der Waals surface area contributed by atoms with Crippen molar-refractivity contribution in [1.29, 1.82) is 0 Å². The monoisotopic (exact) mass is 340 g/mol. The molecule has 3 rings (SSSR count). The van der Waals surface area contributed by atoms with Crippen molar-refractivity contribution in [1.82, 2.24) is 4.98 Å². The Bertz CT molecular complexity index is 841. The fourth-order valence-electron chi connectivity index (χ4n) is 2.46. The number of carbonyl (C=O) groups excluding carboxylic acids is 1. The lowest BCUT2D eigenvalue weighted by Crippen LogP contribution is -2.24. The van der Waals surface area contributed by atoms with Gasteiger partial charge in [0.15, 0.2) is 0 Å². The molecule has 0 atom stereocenters. The van der Waals surface area contributed by atoms with Gasteiger partial charge in [-0.3, -0.25) is 0 Å². The van der Waals surface area contributed by atoms with Crippen LogP contribution in [-0.4, -0.2) is 11.0 Å². The number of carboxylic acids is 1. The quantitative estimate of drug-likeness (QED) is 0.718. The molecule has 1 aromatic heterocycles. The number of para-hydroxylation sites is 1. The van der Waals surface area contributed by atoms with Crippen molar-refractivity contribution in [2.45, 2.75) is 6.92 Å². The molecule has 0 radical (unpaired) electrons. The molecule has 0 aliphatic carbocycles. The van der Waals surface area contributed by atoms with Crippen LogP contribution in [0.1, 0.15) is 15.9 Å². The number of rotatable bonds is 2. The van der Waals surface area contributed by atoms with Gasteiger partial charge in [0.1, 0.15) is 0 Å². The second-order valence-electron chi connectivity index (χ2n) is 4.77. The minimum Gasteiger partial charge on any atom is -0.545 e. The molecule has 0 bridgehead atoms. The molecule has 0 amide bonds. The summed E-state index contributed by atoms with van der Waals surface area (Å²) >= 11 is 3.39. The van der Waals surface area contributed by atoms with Crippen molar-refractivity contribution in [3.8, 4) is 11.3 Å². The van der Waals surface area contributed by atoms with Crippen LogP contribution in [0.15, 0.2) is 53.0 Å². The highest BCUT2D eigenvalue weighted by Gasteiger charge is 2.13. The summed E-state index contributed by atoms with van der Waals surface area (Å²) < 4.78 is 0.963. The molecule has 21 heavy (non-hydrogen) atoms. The molecule has 104 valence electrons. The summed E-state index contributed by atoms with van der Waals surface area (Å²) in [5, 5.41) is 12.1. The molecule has 4 heteroatoms. The number of fused-ring (bicyclic) bond motifs is 1. The van der Waals surface area contributed by atoms with E-state index in [2.05, 4.69) is 20.9 Å². The van der Waals surface area contributed by atoms with Crippen LogP contribution >= 0.6 is 15.9 Å². The van der Waals surface area contributed by atoms with E-state index >= 15 is 0 Å². The first-order chi connectivity index (χ1) is 10.1. The second-order valence-corrected chi connectivity index (χ2v) is 5.69. The van der Waals surface area contributed by atoms with E-state index in [1.807, 2.05) is 36.4 Å². The molecule has 0 saturated heterocycles. The molecule has 0 saturated carbocycles. The maximum atomic E-state index is 11.5. The maximum absolute atomic E-state index is 11.5. The molecule has 3 aromatic rings. The highest BCUT2D eigenvalue weighted by molar-refractivity contribution is 9.10. The average Bonchev–Trinajstić information content (AvgIpc) is 2.47. The molecule has 1 heterocycles. The first-order valence-electron chi connectivity index (χ1n) is 6.44. The van der Waals surface area contributed by atoms with Gasteiger partial charge in [-0.05, 0) is 30.7 Å². The van der Waals surface area contributed by atoms with Crippen molar-refractivity contribution in [2.75, 3.05) is 0 Å². The van der Waals surface area contributed by atoms with E-state index in [4.69, 9.17) is 0 Å². The van der Waals surface area contributed by atoms with Gasteiger partial charge in [-0.2, -0.15) is 0 Å². The smallest absolute Gasteiger partial charge is 0.0745 e.